The highest BCUT2D eigenvalue weighted by Gasteiger charge is 2.29. The summed E-state index contributed by atoms with van der Waals surface area (Å²) in [6.45, 7) is 3.23. The molecular weight excluding hydrogens is 308 g/mol. The fourth-order valence-electron chi connectivity index (χ4n) is 2.58. The van der Waals surface area contributed by atoms with Gasteiger partial charge in [-0.3, -0.25) is 10.1 Å². The van der Waals surface area contributed by atoms with Crippen LogP contribution >= 0.6 is 0 Å². The second-order valence-electron chi connectivity index (χ2n) is 5.49. The van der Waals surface area contributed by atoms with Crippen molar-refractivity contribution in [2.45, 2.75) is 24.3 Å². The Kier molecular flexibility index (Phi) is 4.69. The lowest BCUT2D eigenvalue weighted by Crippen LogP contribution is -2.46. The molecule has 0 amide bonds. The summed E-state index contributed by atoms with van der Waals surface area (Å²) in [6.07, 6.45) is 0.745. The van der Waals surface area contributed by atoms with Crippen molar-refractivity contribution in [3.63, 3.8) is 0 Å². The molecule has 1 aliphatic heterocycles. The van der Waals surface area contributed by atoms with Crippen molar-refractivity contribution in [3.05, 3.63) is 28.3 Å². The standard InChI is InChI=1S/C13H20N4O4S/c1-9-8-16(6-5-11(9)14)12-4-3-10(22(20,21)15-2)7-13(12)17(18)19/h3-4,7,9,11,15H,5-6,8,14H2,1-2H3. The van der Waals surface area contributed by atoms with Crippen molar-refractivity contribution in [2.24, 2.45) is 11.7 Å². The summed E-state index contributed by atoms with van der Waals surface area (Å²) in [4.78, 5) is 12.5. The lowest BCUT2D eigenvalue weighted by Gasteiger charge is -2.36. The predicted molar refractivity (Wildman–Crippen MR) is 83.3 cm³/mol. The molecule has 2 unspecified atom stereocenters. The molecule has 1 heterocycles. The number of rotatable bonds is 4. The molecule has 1 aliphatic rings. The minimum Gasteiger partial charge on any atom is -0.366 e. The Morgan fingerprint density at radius 1 is 1.45 bits per heavy atom. The quantitative estimate of drug-likeness (QED) is 0.619. The zero-order chi connectivity index (χ0) is 16.5. The van der Waals surface area contributed by atoms with E-state index in [1.54, 1.807) is 0 Å². The highest BCUT2D eigenvalue weighted by atomic mass is 32.2. The van der Waals surface area contributed by atoms with E-state index in [-0.39, 0.29) is 22.5 Å². The van der Waals surface area contributed by atoms with Gasteiger partial charge in [0.1, 0.15) is 5.69 Å². The molecule has 0 bridgehead atoms. The van der Waals surface area contributed by atoms with Crippen LogP contribution in [0.5, 0.6) is 0 Å². The number of nitrogens with zero attached hydrogens (tertiary/aromatic N) is 2. The van der Waals surface area contributed by atoms with Crippen LogP contribution in [0.25, 0.3) is 0 Å². The van der Waals surface area contributed by atoms with Crippen LogP contribution in [0.4, 0.5) is 11.4 Å². The first-order valence-corrected chi connectivity index (χ1v) is 8.47. The van der Waals surface area contributed by atoms with Crippen LogP contribution in [0, 0.1) is 16.0 Å². The first-order valence-electron chi connectivity index (χ1n) is 6.98. The predicted octanol–water partition coefficient (Wildman–Crippen LogP) is 0.676. The third-order valence-corrected chi connectivity index (χ3v) is 5.45. The number of nitrogens with two attached hydrogens (primary N) is 1. The minimum atomic E-state index is -3.71. The third kappa shape index (κ3) is 3.21. The van der Waals surface area contributed by atoms with Crippen molar-refractivity contribution >= 4 is 21.4 Å². The summed E-state index contributed by atoms with van der Waals surface area (Å²) in [5, 5.41) is 11.3. The number of sulfonamides is 1. The second-order valence-corrected chi connectivity index (χ2v) is 7.38. The van der Waals surface area contributed by atoms with Gasteiger partial charge in [-0.05, 0) is 31.5 Å². The molecule has 2 rings (SSSR count). The molecule has 0 aliphatic carbocycles. The molecule has 1 fully saturated rings. The fourth-order valence-corrected chi connectivity index (χ4v) is 3.33. The van der Waals surface area contributed by atoms with Crippen LogP contribution in [-0.2, 0) is 10.0 Å². The zero-order valence-corrected chi connectivity index (χ0v) is 13.3. The molecule has 2 atom stereocenters. The van der Waals surface area contributed by atoms with Gasteiger partial charge in [0.15, 0.2) is 0 Å². The van der Waals surface area contributed by atoms with Crippen molar-refractivity contribution in [1.29, 1.82) is 0 Å². The lowest BCUT2D eigenvalue weighted by atomic mass is 9.94. The van der Waals surface area contributed by atoms with Crippen LogP contribution in [-0.4, -0.2) is 39.5 Å². The number of anilines is 1. The molecule has 9 heteroatoms. The Morgan fingerprint density at radius 2 is 2.14 bits per heavy atom. The van der Waals surface area contributed by atoms with E-state index in [0.29, 0.717) is 18.8 Å². The minimum absolute atomic E-state index is 0.0826. The SMILES string of the molecule is CNS(=O)(=O)c1ccc(N2CCC(N)C(C)C2)c([N+](=O)[O-])c1. The van der Waals surface area contributed by atoms with Crippen molar-refractivity contribution in [3.8, 4) is 0 Å². The topological polar surface area (TPSA) is 119 Å². The molecule has 3 N–H and O–H groups in total. The highest BCUT2D eigenvalue weighted by Crippen LogP contribution is 2.33. The van der Waals surface area contributed by atoms with Crippen LogP contribution in [0.15, 0.2) is 23.1 Å². The first kappa shape index (κ1) is 16.7. The van der Waals surface area contributed by atoms with E-state index < -0.39 is 14.9 Å². The molecule has 122 valence electrons. The summed E-state index contributed by atoms with van der Waals surface area (Å²) in [7, 11) is -2.45. The van der Waals surface area contributed by atoms with E-state index in [2.05, 4.69) is 4.72 Å². The first-order chi connectivity index (χ1) is 10.3. The molecule has 0 spiro atoms. The van der Waals surface area contributed by atoms with E-state index in [0.717, 1.165) is 12.5 Å². The van der Waals surface area contributed by atoms with Gasteiger partial charge in [0.25, 0.3) is 5.69 Å². The molecule has 0 saturated carbocycles. The average molecular weight is 328 g/mol. The number of nitrogens with one attached hydrogen (secondary N) is 1. The molecule has 0 aromatic heterocycles. The van der Waals surface area contributed by atoms with E-state index >= 15 is 0 Å². The number of hydrogen-bond acceptors (Lipinski definition) is 6. The van der Waals surface area contributed by atoms with Crippen molar-refractivity contribution < 1.29 is 13.3 Å². The molecule has 22 heavy (non-hydrogen) atoms. The Morgan fingerprint density at radius 3 is 2.68 bits per heavy atom. The van der Waals surface area contributed by atoms with Crippen molar-refractivity contribution in [2.75, 3.05) is 25.0 Å². The van der Waals surface area contributed by atoms with Crippen LogP contribution in [0.1, 0.15) is 13.3 Å². The summed E-state index contributed by atoms with van der Waals surface area (Å²) in [5.74, 6) is 0.217. The maximum Gasteiger partial charge on any atom is 0.293 e. The largest absolute Gasteiger partial charge is 0.366 e. The van der Waals surface area contributed by atoms with Gasteiger partial charge in [-0.25, -0.2) is 13.1 Å². The number of nitro groups is 1. The van der Waals surface area contributed by atoms with E-state index in [1.165, 1.54) is 19.2 Å². The van der Waals surface area contributed by atoms with Gasteiger partial charge in [0, 0.05) is 25.2 Å². The van der Waals surface area contributed by atoms with Gasteiger partial charge < -0.3 is 10.6 Å². The number of benzene rings is 1. The van der Waals surface area contributed by atoms with Crippen LogP contribution in [0.3, 0.4) is 0 Å². The smallest absolute Gasteiger partial charge is 0.293 e. The number of hydrogen-bond donors (Lipinski definition) is 2. The van der Waals surface area contributed by atoms with E-state index in [4.69, 9.17) is 5.73 Å². The maximum absolute atomic E-state index is 11.8. The van der Waals surface area contributed by atoms with Crippen LogP contribution < -0.4 is 15.4 Å². The summed E-state index contributed by atoms with van der Waals surface area (Å²) in [5.41, 5.74) is 6.19. The third-order valence-electron chi connectivity index (χ3n) is 4.03. The molecule has 1 saturated heterocycles. The zero-order valence-electron chi connectivity index (χ0n) is 12.5. The van der Waals surface area contributed by atoms with Gasteiger partial charge in [0.05, 0.1) is 9.82 Å². The molecule has 1 aromatic carbocycles. The van der Waals surface area contributed by atoms with E-state index in [9.17, 15) is 18.5 Å². The Balaban J connectivity index is 2.42. The van der Waals surface area contributed by atoms with Gasteiger partial charge in [-0.1, -0.05) is 6.92 Å². The van der Waals surface area contributed by atoms with Gasteiger partial charge in [-0.2, -0.15) is 0 Å². The normalized spacial score (nSPS) is 22.6. The van der Waals surface area contributed by atoms with Crippen LogP contribution in [0.2, 0.25) is 0 Å². The van der Waals surface area contributed by atoms with Gasteiger partial charge in [0.2, 0.25) is 10.0 Å². The van der Waals surface area contributed by atoms with E-state index in [1.807, 2.05) is 11.8 Å². The fraction of sp³-hybridized carbons (Fsp3) is 0.538. The molecule has 0 radical (unpaired) electrons. The average Bonchev–Trinajstić information content (AvgIpc) is 2.49. The number of nitro benzene ring substituents is 1. The Bertz CT molecular complexity index is 677. The Hall–Kier alpha value is -1.71. The second kappa shape index (κ2) is 6.19. The number of piperidine rings is 1. The monoisotopic (exact) mass is 328 g/mol. The molecular formula is C13H20N4O4S. The maximum atomic E-state index is 11.8. The summed E-state index contributed by atoms with van der Waals surface area (Å²) < 4.78 is 25.7. The highest BCUT2D eigenvalue weighted by molar-refractivity contribution is 7.89. The lowest BCUT2D eigenvalue weighted by molar-refractivity contribution is -0.384. The molecule has 8 nitrogen and oxygen atoms in total. The molecule has 1 aromatic rings. The Labute approximate surface area is 129 Å². The summed E-state index contributed by atoms with van der Waals surface area (Å²) in [6, 6.07) is 4.05. The summed E-state index contributed by atoms with van der Waals surface area (Å²) >= 11 is 0. The van der Waals surface area contributed by atoms with Gasteiger partial charge in [-0.15, -0.1) is 0 Å². The van der Waals surface area contributed by atoms with Crippen molar-refractivity contribution in [1.82, 2.24) is 4.72 Å². The van der Waals surface area contributed by atoms with Gasteiger partial charge >= 0.3 is 0 Å².